The molecular weight excluding hydrogens is 260 g/mol. The van der Waals surface area contributed by atoms with E-state index in [0.717, 1.165) is 31.3 Å². The average molecular weight is 290 g/mol. The minimum absolute atomic E-state index is 0.915. The molecule has 1 aliphatic rings. The maximum absolute atomic E-state index is 5.41. The molecule has 0 radical (unpaired) electrons. The Morgan fingerprint density at radius 2 is 1.95 bits per heavy atom. The van der Waals surface area contributed by atoms with Gasteiger partial charge >= 0.3 is 0 Å². The molecule has 1 N–H and O–H groups in total. The maximum Gasteiger partial charge on any atom is 0.123 e. The smallest absolute Gasteiger partial charge is 0.123 e. The van der Waals surface area contributed by atoms with Gasteiger partial charge in [-0.1, -0.05) is 37.5 Å². The molecule has 21 heavy (non-hydrogen) atoms. The van der Waals surface area contributed by atoms with E-state index in [9.17, 15) is 0 Å². The minimum atomic E-state index is 0.915. The van der Waals surface area contributed by atoms with Crippen LogP contribution in [0.4, 0.5) is 0 Å². The lowest BCUT2D eigenvalue weighted by Gasteiger charge is -2.23. The fourth-order valence-electron chi connectivity index (χ4n) is 3.17. The predicted molar refractivity (Wildman–Crippen MR) is 88.8 cm³/mol. The van der Waals surface area contributed by atoms with Gasteiger partial charge in [0, 0.05) is 25.2 Å². The summed E-state index contributed by atoms with van der Waals surface area (Å²) in [7, 11) is 3.92. The molecule has 3 nitrogen and oxygen atoms in total. The van der Waals surface area contributed by atoms with Crippen LogP contribution in [0, 0.1) is 5.92 Å². The van der Waals surface area contributed by atoms with Crippen molar-refractivity contribution in [3.63, 3.8) is 0 Å². The molecule has 0 atom stereocenters. The molecule has 1 aliphatic carbocycles. The quantitative estimate of drug-likeness (QED) is 0.744. The Labute approximate surface area is 129 Å². The minimum Gasteiger partial charge on any atom is -0.496 e. The highest BCUT2D eigenvalue weighted by molar-refractivity contribution is 5.32. The third-order valence-electron chi connectivity index (χ3n) is 4.46. The van der Waals surface area contributed by atoms with Crippen molar-refractivity contribution in [2.75, 3.05) is 33.8 Å². The van der Waals surface area contributed by atoms with E-state index in [0.29, 0.717) is 0 Å². The Morgan fingerprint density at radius 1 is 1.19 bits per heavy atom. The second-order valence-corrected chi connectivity index (χ2v) is 6.26. The Kier molecular flexibility index (Phi) is 7.04. The summed E-state index contributed by atoms with van der Waals surface area (Å²) in [6.45, 7) is 4.28. The number of ether oxygens (including phenoxy) is 1. The molecule has 0 aliphatic heterocycles. The highest BCUT2D eigenvalue weighted by atomic mass is 16.5. The molecule has 1 aromatic carbocycles. The van der Waals surface area contributed by atoms with E-state index >= 15 is 0 Å². The van der Waals surface area contributed by atoms with E-state index in [-0.39, 0.29) is 0 Å². The third-order valence-corrected chi connectivity index (χ3v) is 4.46. The fraction of sp³-hybridized carbons (Fsp3) is 0.667. The second kappa shape index (κ2) is 9.06. The fourth-order valence-corrected chi connectivity index (χ4v) is 3.17. The summed E-state index contributed by atoms with van der Waals surface area (Å²) in [5.41, 5.74) is 1.26. The van der Waals surface area contributed by atoms with Crippen LogP contribution in [-0.2, 0) is 6.54 Å². The second-order valence-electron chi connectivity index (χ2n) is 6.26. The van der Waals surface area contributed by atoms with Crippen molar-refractivity contribution in [1.82, 2.24) is 10.2 Å². The topological polar surface area (TPSA) is 24.5 Å². The third kappa shape index (κ3) is 5.68. The first-order valence-corrected chi connectivity index (χ1v) is 8.30. The molecule has 1 fully saturated rings. The number of nitrogens with one attached hydrogen (secondary N) is 1. The lowest BCUT2D eigenvalue weighted by molar-refractivity contribution is 0.299. The molecule has 0 amide bonds. The predicted octanol–water partition coefficient (Wildman–Crippen LogP) is 3.30. The van der Waals surface area contributed by atoms with Gasteiger partial charge in [0.15, 0.2) is 0 Å². The standard InChI is InChI=1S/C18H30N2O/c1-20(15-17-10-6-7-11-18(17)21-2)13-12-19-14-16-8-4-3-5-9-16/h6-7,10-11,16,19H,3-5,8-9,12-15H2,1-2H3. The lowest BCUT2D eigenvalue weighted by Crippen LogP contribution is -2.32. The molecular formula is C18H30N2O. The van der Waals surface area contributed by atoms with Crippen molar-refractivity contribution in [2.24, 2.45) is 5.92 Å². The summed E-state index contributed by atoms with van der Waals surface area (Å²) in [5, 5.41) is 3.63. The van der Waals surface area contributed by atoms with Crippen molar-refractivity contribution >= 4 is 0 Å². The molecule has 0 unspecified atom stereocenters. The zero-order valence-corrected chi connectivity index (χ0v) is 13.6. The van der Waals surface area contributed by atoms with Gasteiger partial charge in [-0.3, -0.25) is 0 Å². The first-order chi connectivity index (χ1) is 10.3. The van der Waals surface area contributed by atoms with E-state index in [2.05, 4.69) is 29.4 Å². The summed E-state index contributed by atoms with van der Waals surface area (Å²) in [6.07, 6.45) is 7.15. The van der Waals surface area contributed by atoms with Gasteiger partial charge in [-0.2, -0.15) is 0 Å². The zero-order valence-electron chi connectivity index (χ0n) is 13.6. The van der Waals surface area contributed by atoms with Crippen LogP contribution in [0.5, 0.6) is 5.75 Å². The van der Waals surface area contributed by atoms with Crippen LogP contribution in [0.2, 0.25) is 0 Å². The maximum atomic E-state index is 5.41. The molecule has 1 saturated carbocycles. The molecule has 0 spiro atoms. The van der Waals surface area contributed by atoms with Crippen molar-refractivity contribution in [3.05, 3.63) is 29.8 Å². The molecule has 0 saturated heterocycles. The van der Waals surface area contributed by atoms with E-state index in [1.54, 1.807) is 7.11 Å². The van der Waals surface area contributed by atoms with Crippen LogP contribution in [-0.4, -0.2) is 38.7 Å². The molecule has 2 rings (SSSR count). The SMILES string of the molecule is COc1ccccc1CN(C)CCNCC1CCCCC1. The first-order valence-electron chi connectivity index (χ1n) is 8.30. The summed E-state index contributed by atoms with van der Waals surface area (Å²) in [5.74, 6) is 1.90. The Bertz CT molecular complexity index is 402. The number of likely N-dealkylation sites (N-methyl/N-ethyl adjacent to an activating group) is 1. The Balaban J connectivity index is 1.64. The normalized spacial score (nSPS) is 16.3. The van der Waals surface area contributed by atoms with Crippen LogP contribution < -0.4 is 10.1 Å². The number of hydrogen-bond donors (Lipinski definition) is 1. The van der Waals surface area contributed by atoms with E-state index in [1.165, 1.54) is 44.2 Å². The van der Waals surface area contributed by atoms with Gasteiger partial charge in [0.2, 0.25) is 0 Å². The number of hydrogen-bond acceptors (Lipinski definition) is 3. The summed E-state index contributed by atoms with van der Waals surface area (Å²) < 4.78 is 5.41. The van der Waals surface area contributed by atoms with Crippen molar-refractivity contribution in [1.29, 1.82) is 0 Å². The molecule has 3 heteroatoms. The van der Waals surface area contributed by atoms with Gasteiger partial charge in [0.1, 0.15) is 5.75 Å². The highest BCUT2D eigenvalue weighted by Crippen LogP contribution is 2.22. The van der Waals surface area contributed by atoms with E-state index in [4.69, 9.17) is 4.74 Å². The van der Waals surface area contributed by atoms with Gasteiger partial charge < -0.3 is 15.0 Å². The number of rotatable bonds is 8. The van der Waals surface area contributed by atoms with Crippen LogP contribution in [0.25, 0.3) is 0 Å². The Hall–Kier alpha value is -1.06. The number of benzene rings is 1. The largest absolute Gasteiger partial charge is 0.496 e. The lowest BCUT2D eigenvalue weighted by atomic mass is 9.89. The van der Waals surface area contributed by atoms with Crippen LogP contribution >= 0.6 is 0 Å². The number of para-hydroxylation sites is 1. The summed E-state index contributed by atoms with van der Waals surface area (Å²) in [4.78, 5) is 2.35. The van der Waals surface area contributed by atoms with E-state index in [1.807, 2.05) is 12.1 Å². The number of methoxy groups -OCH3 is 1. The van der Waals surface area contributed by atoms with Crippen LogP contribution in [0.15, 0.2) is 24.3 Å². The van der Waals surface area contributed by atoms with Crippen molar-refractivity contribution in [3.8, 4) is 5.75 Å². The molecule has 0 heterocycles. The molecule has 0 aromatic heterocycles. The van der Waals surface area contributed by atoms with Crippen molar-refractivity contribution < 1.29 is 4.74 Å². The summed E-state index contributed by atoms with van der Waals surface area (Å²) in [6, 6.07) is 8.27. The number of nitrogens with zero attached hydrogens (tertiary/aromatic N) is 1. The zero-order chi connectivity index (χ0) is 14.9. The van der Waals surface area contributed by atoms with Crippen LogP contribution in [0.3, 0.4) is 0 Å². The molecule has 118 valence electrons. The van der Waals surface area contributed by atoms with Crippen molar-refractivity contribution in [2.45, 2.75) is 38.6 Å². The first kappa shape index (κ1) is 16.3. The van der Waals surface area contributed by atoms with Gasteiger partial charge in [0.05, 0.1) is 7.11 Å². The Morgan fingerprint density at radius 3 is 2.71 bits per heavy atom. The van der Waals surface area contributed by atoms with Gasteiger partial charge in [-0.15, -0.1) is 0 Å². The average Bonchev–Trinajstić information content (AvgIpc) is 2.53. The molecule has 0 bridgehead atoms. The van der Waals surface area contributed by atoms with Crippen LogP contribution in [0.1, 0.15) is 37.7 Å². The summed E-state index contributed by atoms with van der Waals surface area (Å²) >= 11 is 0. The van der Waals surface area contributed by atoms with Gasteiger partial charge in [-0.05, 0) is 38.4 Å². The highest BCUT2D eigenvalue weighted by Gasteiger charge is 2.12. The van der Waals surface area contributed by atoms with E-state index < -0.39 is 0 Å². The van der Waals surface area contributed by atoms with Gasteiger partial charge in [0.25, 0.3) is 0 Å². The monoisotopic (exact) mass is 290 g/mol. The van der Waals surface area contributed by atoms with Gasteiger partial charge in [-0.25, -0.2) is 0 Å². The molecule has 1 aromatic rings.